The zero-order chi connectivity index (χ0) is 17.0. The molecular formula is C19H22N2O2S. The first-order valence-corrected chi connectivity index (χ1v) is 9.10. The summed E-state index contributed by atoms with van der Waals surface area (Å²) < 4.78 is 0. The third kappa shape index (κ3) is 4.03. The monoisotopic (exact) mass is 342 g/mol. The molecule has 1 heterocycles. The van der Waals surface area contributed by atoms with Crippen LogP contribution in [0.4, 0.5) is 0 Å². The zero-order valence-electron chi connectivity index (χ0n) is 13.7. The molecule has 5 heteroatoms. The highest BCUT2D eigenvalue weighted by Crippen LogP contribution is 2.47. The van der Waals surface area contributed by atoms with Gasteiger partial charge in [0.2, 0.25) is 11.8 Å². The van der Waals surface area contributed by atoms with E-state index in [4.69, 9.17) is 0 Å². The number of nitrogens with one attached hydrogen (secondary N) is 2. The van der Waals surface area contributed by atoms with E-state index in [1.165, 1.54) is 12.5 Å². The highest BCUT2D eigenvalue weighted by molar-refractivity contribution is 7.10. The predicted octanol–water partition coefficient (Wildman–Crippen LogP) is 3.16. The predicted molar refractivity (Wildman–Crippen MR) is 95.9 cm³/mol. The van der Waals surface area contributed by atoms with Crippen LogP contribution in [0.1, 0.15) is 42.7 Å². The summed E-state index contributed by atoms with van der Waals surface area (Å²) in [5, 5.41) is 7.89. The summed E-state index contributed by atoms with van der Waals surface area (Å²) in [7, 11) is 0. The van der Waals surface area contributed by atoms with Crippen molar-refractivity contribution in [2.75, 3.05) is 6.54 Å². The van der Waals surface area contributed by atoms with E-state index in [9.17, 15) is 9.59 Å². The number of amides is 2. The van der Waals surface area contributed by atoms with Gasteiger partial charge in [-0.3, -0.25) is 9.59 Å². The Bertz CT molecular complexity index is 693. The summed E-state index contributed by atoms with van der Waals surface area (Å²) in [5.74, 6) is -0.145. The van der Waals surface area contributed by atoms with Gasteiger partial charge in [-0.05, 0) is 29.9 Å². The third-order valence-electron chi connectivity index (χ3n) is 4.52. The fourth-order valence-electron chi connectivity index (χ4n) is 2.99. The van der Waals surface area contributed by atoms with Gasteiger partial charge in [-0.15, -0.1) is 11.3 Å². The lowest BCUT2D eigenvalue weighted by Gasteiger charge is -2.19. The smallest absolute Gasteiger partial charge is 0.222 e. The van der Waals surface area contributed by atoms with E-state index in [-0.39, 0.29) is 29.7 Å². The van der Waals surface area contributed by atoms with Crippen molar-refractivity contribution in [3.05, 3.63) is 58.3 Å². The number of carbonyl (C=O) groups is 2. The molecule has 1 fully saturated rings. The maximum atomic E-state index is 12.4. The molecule has 1 aromatic heterocycles. The summed E-state index contributed by atoms with van der Waals surface area (Å²) in [6.07, 6.45) is 2.49. The maximum absolute atomic E-state index is 12.4. The first-order chi connectivity index (χ1) is 11.6. The number of thiophene rings is 1. The molecule has 24 heavy (non-hydrogen) atoms. The fraction of sp³-hybridized carbons (Fsp3) is 0.368. The summed E-state index contributed by atoms with van der Waals surface area (Å²) in [6, 6.07) is 14.0. The molecule has 0 radical (unpaired) electrons. The van der Waals surface area contributed by atoms with Crippen LogP contribution in [0.25, 0.3) is 0 Å². The molecule has 0 spiro atoms. The molecule has 1 atom stereocenters. The lowest BCUT2D eigenvalue weighted by molar-refractivity contribution is -0.122. The van der Waals surface area contributed by atoms with Gasteiger partial charge < -0.3 is 10.6 Å². The molecular weight excluding hydrogens is 320 g/mol. The molecule has 2 aromatic rings. The number of hydrogen-bond donors (Lipinski definition) is 2. The average molecular weight is 342 g/mol. The van der Waals surface area contributed by atoms with Gasteiger partial charge in [-0.1, -0.05) is 36.4 Å². The molecule has 126 valence electrons. The van der Waals surface area contributed by atoms with Crippen LogP contribution in [0.2, 0.25) is 0 Å². The number of benzene rings is 1. The number of carbonyl (C=O) groups excluding carboxylic acids is 2. The topological polar surface area (TPSA) is 58.2 Å². The Hall–Kier alpha value is -2.14. The van der Waals surface area contributed by atoms with Crippen molar-refractivity contribution in [2.45, 2.75) is 37.6 Å². The summed E-state index contributed by atoms with van der Waals surface area (Å²) in [5.41, 5.74) is 1.39. The maximum Gasteiger partial charge on any atom is 0.222 e. The zero-order valence-corrected chi connectivity index (χ0v) is 14.6. The van der Waals surface area contributed by atoms with Crippen molar-refractivity contribution >= 4 is 23.2 Å². The van der Waals surface area contributed by atoms with Crippen LogP contribution in [-0.2, 0) is 15.0 Å². The Labute approximate surface area is 146 Å². The minimum absolute atomic E-state index is 0.0237. The van der Waals surface area contributed by atoms with Gasteiger partial charge in [0.15, 0.2) is 0 Å². The molecule has 1 aliphatic rings. The van der Waals surface area contributed by atoms with Crippen molar-refractivity contribution in [1.82, 2.24) is 10.6 Å². The van der Waals surface area contributed by atoms with Crippen LogP contribution in [0, 0.1) is 0 Å². The van der Waals surface area contributed by atoms with E-state index >= 15 is 0 Å². The largest absolute Gasteiger partial charge is 0.355 e. The van der Waals surface area contributed by atoms with Crippen molar-refractivity contribution in [2.24, 2.45) is 0 Å². The summed E-state index contributed by atoms with van der Waals surface area (Å²) in [6.45, 7) is 2.14. The molecule has 0 aliphatic heterocycles. The van der Waals surface area contributed by atoms with Crippen LogP contribution in [0.3, 0.4) is 0 Å². The molecule has 1 saturated carbocycles. The average Bonchev–Trinajstić information content (AvgIpc) is 3.16. The van der Waals surface area contributed by atoms with Crippen LogP contribution in [0.15, 0.2) is 47.8 Å². The number of rotatable bonds is 7. The van der Waals surface area contributed by atoms with Gasteiger partial charge in [0.25, 0.3) is 0 Å². The SMILES string of the molecule is CC(=O)NC(CC(=O)NCC1(c2ccccc2)CC1)c1cccs1. The molecule has 2 amide bonds. The van der Waals surface area contributed by atoms with E-state index in [1.807, 2.05) is 35.7 Å². The third-order valence-corrected chi connectivity index (χ3v) is 5.50. The first-order valence-electron chi connectivity index (χ1n) is 8.22. The molecule has 3 rings (SSSR count). The molecule has 4 nitrogen and oxygen atoms in total. The highest BCUT2D eigenvalue weighted by Gasteiger charge is 2.44. The van der Waals surface area contributed by atoms with Crippen LogP contribution in [-0.4, -0.2) is 18.4 Å². The quantitative estimate of drug-likeness (QED) is 0.812. The highest BCUT2D eigenvalue weighted by atomic mass is 32.1. The standard InChI is InChI=1S/C19H22N2O2S/c1-14(22)21-16(17-8-5-11-24-17)12-18(23)20-13-19(9-10-19)15-6-3-2-4-7-15/h2-8,11,16H,9-10,12-13H2,1H3,(H,20,23)(H,21,22). The van der Waals surface area contributed by atoms with Gasteiger partial charge in [0.05, 0.1) is 12.5 Å². The molecule has 1 aliphatic carbocycles. The fourth-order valence-corrected chi connectivity index (χ4v) is 3.77. The van der Waals surface area contributed by atoms with Crippen molar-refractivity contribution < 1.29 is 9.59 Å². The van der Waals surface area contributed by atoms with Crippen molar-refractivity contribution in [3.8, 4) is 0 Å². The van der Waals surface area contributed by atoms with E-state index in [0.717, 1.165) is 17.7 Å². The molecule has 2 N–H and O–H groups in total. The van der Waals surface area contributed by atoms with Gasteiger partial charge in [-0.2, -0.15) is 0 Å². The second-order valence-electron chi connectivity index (χ2n) is 6.40. The minimum Gasteiger partial charge on any atom is -0.355 e. The summed E-state index contributed by atoms with van der Waals surface area (Å²) in [4.78, 5) is 24.8. The van der Waals surface area contributed by atoms with E-state index in [2.05, 4.69) is 22.8 Å². The Morgan fingerprint density at radius 1 is 1.17 bits per heavy atom. The van der Waals surface area contributed by atoms with Crippen molar-refractivity contribution in [3.63, 3.8) is 0 Å². The van der Waals surface area contributed by atoms with E-state index in [1.54, 1.807) is 11.3 Å². The first kappa shape index (κ1) is 16.7. The molecule has 1 aromatic carbocycles. The Morgan fingerprint density at radius 3 is 2.50 bits per heavy atom. The van der Waals surface area contributed by atoms with E-state index < -0.39 is 0 Å². The van der Waals surface area contributed by atoms with Crippen LogP contribution >= 0.6 is 11.3 Å². The molecule has 1 unspecified atom stereocenters. The van der Waals surface area contributed by atoms with Gasteiger partial charge in [-0.25, -0.2) is 0 Å². The Kier molecular flexibility index (Phi) is 5.00. The molecule has 0 saturated heterocycles. The Morgan fingerprint density at radius 2 is 1.92 bits per heavy atom. The normalized spacial score (nSPS) is 16.2. The lowest BCUT2D eigenvalue weighted by atomic mass is 9.96. The van der Waals surface area contributed by atoms with Crippen LogP contribution in [0.5, 0.6) is 0 Å². The second kappa shape index (κ2) is 7.18. The van der Waals surface area contributed by atoms with Gasteiger partial charge in [0.1, 0.15) is 0 Å². The Balaban J connectivity index is 1.58. The van der Waals surface area contributed by atoms with Gasteiger partial charge >= 0.3 is 0 Å². The lowest BCUT2D eigenvalue weighted by Crippen LogP contribution is -2.36. The van der Waals surface area contributed by atoms with E-state index in [0.29, 0.717) is 6.54 Å². The van der Waals surface area contributed by atoms with Crippen LogP contribution < -0.4 is 10.6 Å². The van der Waals surface area contributed by atoms with Gasteiger partial charge in [0, 0.05) is 23.8 Å². The summed E-state index contributed by atoms with van der Waals surface area (Å²) >= 11 is 1.55. The van der Waals surface area contributed by atoms with Crippen molar-refractivity contribution in [1.29, 1.82) is 0 Å². The number of hydrogen-bond acceptors (Lipinski definition) is 3. The second-order valence-corrected chi connectivity index (χ2v) is 7.38. The molecule has 0 bridgehead atoms. The minimum atomic E-state index is -0.255.